The summed E-state index contributed by atoms with van der Waals surface area (Å²) in [6, 6.07) is 12.3. The lowest BCUT2D eigenvalue weighted by atomic mass is 9.95. The van der Waals surface area contributed by atoms with E-state index in [1.807, 2.05) is 12.1 Å². The number of pyridine rings is 1. The van der Waals surface area contributed by atoms with Crippen LogP contribution in [0.15, 0.2) is 51.5 Å². The second-order valence-corrected chi connectivity index (χ2v) is 6.91. The number of hydrogen-bond acceptors (Lipinski definition) is 3. The van der Waals surface area contributed by atoms with Crippen molar-refractivity contribution in [3.05, 3.63) is 57.1 Å². The molecule has 110 valence electrons. The van der Waals surface area contributed by atoms with Crippen LogP contribution in [0.4, 0.5) is 0 Å². The van der Waals surface area contributed by atoms with Gasteiger partial charge in [-0.1, -0.05) is 30.3 Å². The Balaban J connectivity index is 1.88. The molecule has 2 aromatic rings. The van der Waals surface area contributed by atoms with Gasteiger partial charge in [0.2, 0.25) is 5.88 Å². The largest absolute Gasteiger partial charge is 0.468 e. The fourth-order valence-corrected chi connectivity index (χ4v) is 3.70. The first-order chi connectivity index (χ1) is 10.2. The van der Waals surface area contributed by atoms with E-state index in [-0.39, 0.29) is 6.10 Å². The van der Waals surface area contributed by atoms with Crippen LogP contribution in [-0.2, 0) is 0 Å². The highest BCUT2D eigenvalue weighted by atomic mass is 79.9. The third-order valence-electron chi connectivity index (χ3n) is 3.67. The molecule has 0 aliphatic carbocycles. The predicted octanol–water partition coefficient (Wildman–Crippen LogP) is 4.34. The molecule has 21 heavy (non-hydrogen) atoms. The lowest BCUT2D eigenvalue weighted by Crippen LogP contribution is -2.21. The zero-order valence-electron chi connectivity index (χ0n) is 11.4. The Morgan fingerprint density at radius 3 is 2.71 bits per heavy atom. The van der Waals surface area contributed by atoms with Crippen molar-refractivity contribution in [2.24, 2.45) is 5.92 Å². The quantitative estimate of drug-likeness (QED) is 0.812. The van der Waals surface area contributed by atoms with Crippen molar-refractivity contribution in [1.29, 1.82) is 0 Å². The maximum Gasteiger partial charge on any atom is 0.228 e. The van der Waals surface area contributed by atoms with E-state index in [0.29, 0.717) is 11.8 Å². The molecule has 1 saturated heterocycles. The summed E-state index contributed by atoms with van der Waals surface area (Å²) in [7, 11) is 0. The van der Waals surface area contributed by atoms with Crippen molar-refractivity contribution in [2.45, 2.75) is 12.5 Å². The maximum absolute atomic E-state index is 6.25. The summed E-state index contributed by atoms with van der Waals surface area (Å²) in [4.78, 5) is 4.38. The highest BCUT2D eigenvalue weighted by Gasteiger charge is 2.28. The van der Waals surface area contributed by atoms with E-state index in [1.165, 1.54) is 5.56 Å². The Bertz CT molecular complexity index is 600. The number of nitrogens with one attached hydrogen (secondary N) is 1. The fraction of sp³-hybridized carbons (Fsp3) is 0.312. The Morgan fingerprint density at radius 1 is 1.24 bits per heavy atom. The van der Waals surface area contributed by atoms with Gasteiger partial charge in [0.15, 0.2) is 0 Å². The van der Waals surface area contributed by atoms with Crippen LogP contribution in [0.25, 0.3) is 0 Å². The number of hydrogen-bond donors (Lipinski definition) is 1. The minimum absolute atomic E-state index is 0.0196. The highest BCUT2D eigenvalue weighted by molar-refractivity contribution is 9.11. The molecular weight excluding hydrogens is 396 g/mol. The molecule has 0 amide bonds. The fourth-order valence-electron chi connectivity index (χ4n) is 2.62. The van der Waals surface area contributed by atoms with Crippen molar-refractivity contribution < 1.29 is 4.74 Å². The molecule has 0 saturated carbocycles. The Kier molecular flexibility index (Phi) is 4.93. The molecule has 0 spiro atoms. The van der Waals surface area contributed by atoms with Gasteiger partial charge >= 0.3 is 0 Å². The number of benzene rings is 1. The van der Waals surface area contributed by atoms with E-state index in [4.69, 9.17) is 4.74 Å². The van der Waals surface area contributed by atoms with Gasteiger partial charge in [0.25, 0.3) is 0 Å². The molecule has 0 bridgehead atoms. The number of nitrogens with zero attached hydrogens (tertiary/aromatic N) is 1. The SMILES string of the molecule is Brc1cnc(O[C@H](c2ccccc2)C2CCNC2)c(Br)c1. The van der Waals surface area contributed by atoms with Gasteiger partial charge in [0.05, 0.1) is 4.47 Å². The first-order valence-corrected chi connectivity index (χ1v) is 8.56. The van der Waals surface area contributed by atoms with E-state index < -0.39 is 0 Å². The second kappa shape index (κ2) is 6.90. The van der Waals surface area contributed by atoms with Crippen molar-refractivity contribution in [3.63, 3.8) is 0 Å². The van der Waals surface area contributed by atoms with Gasteiger partial charge in [-0.25, -0.2) is 4.98 Å². The van der Waals surface area contributed by atoms with Crippen molar-refractivity contribution >= 4 is 31.9 Å². The molecule has 1 aromatic heterocycles. The molecule has 1 fully saturated rings. The van der Waals surface area contributed by atoms with Gasteiger partial charge in [-0.05, 0) is 56.5 Å². The molecule has 2 atom stereocenters. The summed E-state index contributed by atoms with van der Waals surface area (Å²) in [5, 5.41) is 3.41. The average molecular weight is 412 g/mol. The molecule has 3 rings (SSSR count). The van der Waals surface area contributed by atoms with Crippen molar-refractivity contribution in [1.82, 2.24) is 10.3 Å². The van der Waals surface area contributed by atoms with Gasteiger partial charge in [0.1, 0.15) is 6.10 Å². The topological polar surface area (TPSA) is 34.1 Å². The van der Waals surface area contributed by atoms with E-state index in [0.717, 1.165) is 28.5 Å². The molecule has 2 heterocycles. The predicted molar refractivity (Wildman–Crippen MR) is 90.4 cm³/mol. The minimum atomic E-state index is 0.0196. The van der Waals surface area contributed by atoms with Crippen molar-refractivity contribution in [2.75, 3.05) is 13.1 Å². The van der Waals surface area contributed by atoms with Crippen LogP contribution in [0, 0.1) is 5.92 Å². The summed E-state index contributed by atoms with van der Waals surface area (Å²) in [5.74, 6) is 1.10. The van der Waals surface area contributed by atoms with Gasteiger partial charge in [-0.2, -0.15) is 0 Å². The molecule has 0 radical (unpaired) electrons. The summed E-state index contributed by atoms with van der Waals surface area (Å²) < 4.78 is 8.05. The molecule has 1 aliphatic heterocycles. The van der Waals surface area contributed by atoms with E-state index >= 15 is 0 Å². The minimum Gasteiger partial charge on any atom is -0.468 e. The smallest absolute Gasteiger partial charge is 0.228 e. The third kappa shape index (κ3) is 3.65. The molecule has 1 unspecified atom stereocenters. The van der Waals surface area contributed by atoms with Crippen LogP contribution < -0.4 is 10.1 Å². The van der Waals surface area contributed by atoms with Crippen LogP contribution in [0.2, 0.25) is 0 Å². The molecular formula is C16H16Br2N2O. The van der Waals surface area contributed by atoms with Crippen LogP contribution in [0.5, 0.6) is 5.88 Å². The zero-order chi connectivity index (χ0) is 14.7. The summed E-state index contributed by atoms with van der Waals surface area (Å²) in [6.07, 6.45) is 2.90. The zero-order valence-corrected chi connectivity index (χ0v) is 14.6. The van der Waals surface area contributed by atoms with E-state index in [1.54, 1.807) is 6.20 Å². The summed E-state index contributed by atoms with van der Waals surface area (Å²) in [5.41, 5.74) is 1.20. The van der Waals surface area contributed by atoms with Crippen LogP contribution >= 0.6 is 31.9 Å². The standard InChI is InChI=1S/C16H16Br2N2O/c17-13-8-14(18)16(20-10-13)21-15(12-6-7-19-9-12)11-4-2-1-3-5-11/h1-5,8,10,12,15,19H,6-7,9H2/t12?,15-/m1/s1. The number of aromatic nitrogens is 1. The Morgan fingerprint density at radius 2 is 2.05 bits per heavy atom. The van der Waals surface area contributed by atoms with Gasteiger partial charge in [-0.15, -0.1) is 0 Å². The number of rotatable bonds is 4. The number of ether oxygens (including phenoxy) is 1. The monoisotopic (exact) mass is 410 g/mol. The van der Waals surface area contributed by atoms with Crippen LogP contribution in [0.1, 0.15) is 18.1 Å². The highest BCUT2D eigenvalue weighted by Crippen LogP contribution is 2.34. The lowest BCUT2D eigenvalue weighted by molar-refractivity contribution is 0.137. The Hall–Kier alpha value is -0.910. The lowest BCUT2D eigenvalue weighted by Gasteiger charge is -2.24. The van der Waals surface area contributed by atoms with Crippen molar-refractivity contribution in [3.8, 4) is 5.88 Å². The second-order valence-electron chi connectivity index (χ2n) is 5.14. The maximum atomic E-state index is 6.25. The van der Waals surface area contributed by atoms with Crippen LogP contribution in [-0.4, -0.2) is 18.1 Å². The average Bonchev–Trinajstić information content (AvgIpc) is 3.01. The number of halogens is 2. The molecule has 1 aromatic carbocycles. The summed E-state index contributed by atoms with van der Waals surface area (Å²) >= 11 is 6.94. The van der Waals surface area contributed by atoms with Crippen LogP contribution in [0.3, 0.4) is 0 Å². The Labute approximate surface area is 141 Å². The summed E-state index contributed by atoms with van der Waals surface area (Å²) in [6.45, 7) is 2.03. The first kappa shape index (κ1) is 15.0. The van der Waals surface area contributed by atoms with E-state index in [2.05, 4.69) is 66.4 Å². The molecule has 1 N–H and O–H groups in total. The normalized spacial score (nSPS) is 19.4. The third-order valence-corrected chi connectivity index (χ3v) is 4.67. The van der Waals surface area contributed by atoms with E-state index in [9.17, 15) is 0 Å². The molecule has 1 aliphatic rings. The molecule has 5 heteroatoms. The first-order valence-electron chi connectivity index (χ1n) is 6.97. The van der Waals surface area contributed by atoms with Gasteiger partial charge < -0.3 is 10.1 Å². The molecule has 3 nitrogen and oxygen atoms in total. The van der Waals surface area contributed by atoms with Gasteiger partial charge in [-0.3, -0.25) is 0 Å². The van der Waals surface area contributed by atoms with Gasteiger partial charge in [0, 0.05) is 23.1 Å².